The van der Waals surface area contributed by atoms with Crippen LogP contribution >= 0.6 is 0 Å². The van der Waals surface area contributed by atoms with Gasteiger partial charge >= 0.3 is 0 Å². The summed E-state index contributed by atoms with van der Waals surface area (Å²) in [5, 5.41) is 0. The van der Waals surface area contributed by atoms with E-state index in [-0.39, 0.29) is 24.0 Å². The Morgan fingerprint density at radius 2 is 2.00 bits per heavy atom. The number of hydrogen-bond acceptors (Lipinski definition) is 4. The number of aryl methyl sites for hydroxylation is 1. The molecule has 25 heavy (non-hydrogen) atoms. The first-order valence-electron chi connectivity index (χ1n) is 8.73. The van der Waals surface area contributed by atoms with Crippen molar-refractivity contribution in [1.82, 2.24) is 19.4 Å². The molecular formula is C19H24N4O2. The Morgan fingerprint density at radius 1 is 1.20 bits per heavy atom. The van der Waals surface area contributed by atoms with Gasteiger partial charge in [0.25, 0.3) is 5.91 Å². The second-order valence-electron chi connectivity index (χ2n) is 6.99. The van der Waals surface area contributed by atoms with E-state index in [9.17, 15) is 4.79 Å². The monoisotopic (exact) mass is 340 g/mol. The Bertz CT molecular complexity index is 745. The van der Waals surface area contributed by atoms with Crippen LogP contribution in [0.2, 0.25) is 0 Å². The number of rotatable bonds is 5. The average molecular weight is 340 g/mol. The summed E-state index contributed by atoms with van der Waals surface area (Å²) in [4.78, 5) is 21.6. The summed E-state index contributed by atoms with van der Waals surface area (Å²) >= 11 is 0. The van der Waals surface area contributed by atoms with Crippen LogP contribution < -0.4 is 0 Å². The minimum absolute atomic E-state index is 0.123. The van der Waals surface area contributed by atoms with Gasteiger partial charge in [0, 0.05) is 52.1 Å². The number of hydrogen-bond donors (Lipinski definition) is 0. The van der Waals surface area contributed by atoms with Crippen molar-refractivity contribution in [2.24, 2.45) is 13.0 Å². The van der Waals surface area contributed by atoms with Crippen molar-refractivity contribution < 1.29 is 9.53 Å². The molecule has 2 aromatic rings. The number of amides is 1. The fourth-order valence-corrected chi connectivity index (χ4v) is 4.16. The number of benzene rings is 1. The molecule has 4 rings (SSSR count). The van der Waals surface area contributed by atoms with Crippen molar-refractivity contribution in [2.45, 2.75) is 25.2 Å². The highest BCUT2D eigenvalue weighted by Crippen LogP contribution is 2.35. The van der Waals surface area contributed by atoms with E-state index in [2.05, 4.69) is 26.6 Å². The van der Waals surface area contributed by atoms with Gasteiger partial charge in [-0.25, -0.2) is 4.98 Å². The van der Waals surface area contributed by atoms with E-state index < -0.39 is 0 Å². The third kappa shape index (κ3) is 2.96. The Morgan fingerprint density at radius 3 is 2.68 bits per heavy atom. The van der Waals surface area contributed by atoms with Gasteiger partial charge in [0.1, 0.15) is 11.9 Å². The predicted molar refractivity (Wildman–Crippen MR) is 93.6 cm³/mol. The summed E-state index contributed by atoms with van der Waals surface area (Å²) in [6.07, 6.45) is 3.46. The molecule has 2 saturated heterocycles. The smallest absolute Gasteiger partial charge is 0.252 e. The Kier molecular flexibility index (Phi) is 4.31. The molecule has 1 aromatic heterocycles. The SMILES string of the molecule is CO[C@@H]1C(=O)N(Cc2ccccc2)[C@@H]2CN(Cc3nccn3C)C[C@H]12. The van der Waals surface area contributed by atoms with Crippen LogP contribution in [0, 0.1) is 5.92 Å². The number of carbonyl (C=O) groups excluding carboxylic acids is 1. The zero-order valence-electron chi connectivity index (χ0n) is 14.7. The maximum Gasteiger partial charge on any atom is 0.252 e. The van der Waals surface area contributed by atoms with E-state index in [4.69, 9.17) is 4.74 Å². The highest BCUT2D eigenvalue weighted by atomic mass is 16.5. The number of carbonyl (C=O) groups is 1. The molecule has 0 bridgehead atoms. The summed E-state index contributed by atoms with van der Waals surface area (Å²) in [6, 6.07) is 10.4. The molecule has 3 heterocycles. The molecule has 3 atom stereocenters. The fourth-order valence-electron chi connectivity index (χ4n) is 4.16. The molecular weight excluding hydrogens is 316 g/mol. The van der Waals surface area contributed by atoms with E-state index in [0.29, 0.717) is 6.54 Å². The number of likely N-dealkylation sites (tertiary alicyclic amines) is 2. The zero-order valence-corrected chi connectivity index (χ0v) is 14.7. The lowest BCUT2D eigenvalue weighted by Gasteiger charge is -2.25. The van der Waals surface area contributed by atoms with Crippen LogP contribution in [-0.4, -0.2) is 57.6 Å². The third-order valence-electron chi connectivity index (χ3n) is 5.46. The van der Waals surface area contributed by atoms with Crippen LogP contribution in [0.5, 0.6) is 0 Å². The first-order chi connectivity index (χ1) is 12.2. The number of ether oxygens (including phenoxy) is 1. The summed E-state index contributed by atoms with van der Waals surface area (Å²) < 4.78 is 7.62. The fraction of sp³-hybridized carbons (Fsp3) is 0.474. The molecule has 1 aromatic carbocycles. The largest absolute Gasteiger partial charge is 0.371 e. The number of methoxy groups -OCH3 is 1. The van der Waals surface area contributed by atoms with E-state index in [1.54, 1.807) is 7.11 Å². The second-order valence-corrected chi connectivity index (χ2v) is 6.99. The van der Waals surface area contributed by atoms with E-state index in [1.165, 1.54) is 0 Å². The lowest BCUT2D eigenvalue weighted by atomic mass is 10.0. The van der Waals surface area contributed by atoms with Crippen molar-refractivity contribution >= 4 is 5.91 Å². The number of aromatic nitrogens is 2. The quantitative estimate of drug-likeness (QED) is 0.823. The Balaban J connectivity index is 1.51. The molecule has 6 heteroatoms. The molecule has 0 N–H and O–H groups in total. The van der Waals surface area contributed by atoms with Crippen molar-refractivity contribution in [3.8, 4) is 0 Å². The lowest BCUT2D eigenvalue weighted by molar-refractivity contribution is -0.138. The van der Waals surface area contributed by atoms with Crippen LogP contribution in [0.4, 0.5) is 0 Å². The highest BCUT2D eigenvalue weighted by molar-refractivity contribution is 5.84. The molecule has 2 aliphatic rings. The van der Waals surface area contributed by atoms with Gasteiger partial charge in [0.05, 0.1) is 12.6 Å². The van der Waals surface area contributed by atoms with Gasteiger partial charge in [-0.05, 0) is 5.56 Å². The molecule has 2 fully saturated rings. The Labute approximate surface area is 148 Å². The standard InChI is InChI=1S/C19H24N4O2/c1-21-9-8-20-17(21)13-22-11-15-16(12-22)23(19(24)18(15)25-2)10-14-6-4-3-5-7-14/h3-9,15-16,18H,10-13H2,1-2H3/t15-,16+,18-/m0/s1. The molecule has 132 valence electrons. The summed E-state index contributed by atoms with van der Waals surface area (Å²) in [5.41, 5.74) is 1.16. The van der Waals surface area contributed by atoms with Gasteiger partial charge < -0.3 is 14.2 Å². The number of imidazole rings is 1. The molecule has 1 amide bonds. The second kappa shape index (κ2) is 6.61. The summed E-state index contributed by atoms with van der Waals surface area (Å²) in [5.74, 6) is 1.40. The first-order valence-corrected chi connectivity index (χ1v) is 8.73. The number of nitrogens with zero attached hydrogens (tertiary/aromatic N) is 4. The van der Waals surface area contributed by atoms with Crippen LogP contribution in [0.3, 0.4) is 0 Å². The lowest BCUT2D eigenvalue weighted by Crippen LogP contribution is -2.39. The molecule has 0 spiro atoms. The van der Waals surface area contributed by atoms with Gasteiger partial charge in [0.15, 0.2) is 0 Å². The van der Waals surface area contributed by atoms with Gasteiger partial charge in [-0.3, -0.25) is 9.69 Å². The van der Waals surface area contributed by atoms with E-state index in [1.807, 2.05) is 42.5 Å². The predicted octanol–water partition coefficient (Wildman–Crippen LogP) is 1.28. The normalized spacial score (nSPS) is 26.4. The molecule has 6 nitrogen and oxygen atoms in total. The van der Waals surface area contributed by atoms with E-state index >= 15 is 0 Å². The third-order valence-corrected chi connectivity index (χ3v) is 5.46. The van der Waals surface area contributed by atoms with Crippen LogP contribution in [-0.2, 0) is 29.7 Å². The Hall–Kier alpha value is -2.18. The van der Waals surface area contributed by atoms with Gasteiger partial charge in [-0.15, -0.1) is 0 Å². The van der Waals surface area contributed by atoms with Crippen molar-refractivity contribution in [3.63, 3.8) is 0 Å². The van der Waals surface area contributed by atoms with Crippen molar-refractivity contribution in [3.05, 3.63) is 54.1 Å². The van der Waals surface area contributed by atoms with Crippen molar-refractivity contribution in [2.75, 3.05) is 20.2 Å². The number of fused-ring (bicyclic) bond motifs is 1. The first kappa shape index (κ1) is 16.3. The van der Waals surface area contributed by atoms with Gasteiger partial charge in [0.2, 0.25) is 0 Å². The van der Waals surface area contributed by atoms with Crippen LogP contribution in [0.15, 0.2) is 42.7 Å². The minimum atomic E-state index is -0.333. The topological polar surface area (TPSA) is 50.6 Å². The van der Waals surface area contributed by atoms with Crippen LogP contribution in [0.1, 0.15) is 11.4 Å². The molecule has 0 saturated carbocycles. The molecule has 0 radical (unpaired) electrons. The van der Waals surface area contributed by atoms with Gasteiger partial charge in [-0.2, -0.15) is 0 Å². The van der Waals surface area contributed by atoms with Gasteiger partial charge in [-0.1, -0.05) is 30.3 Å². The summed E-state index contributed by atoms with van der Waals surface area (Å²) in [7, 11) is 3.66. The average Bonchev–Trinajstić information content (AvgIpc) is 3.27. The van der Waals surface area contributed by atoms with Crippen LogP contribution in [0.25, 0.3) is 0 Å². The molecule has 0 unspecified atom stereocenters. The van der Waals surface area contributed by atoms with E-state index in [0.717, 1.165) is 31.0 Å². The highest BCUT2D eigenvalue weighted by Gasteiger charge is 2.52. The zero-order chi connectivity index (χ0) is 17.4. The molecule has 0 aliphatic carbocycles. The summed E-state index contributed by atoms with van der Waals surface area (Å²) in [6.45, 7) is 3.19. The molecule has 2 aliphatic heterocycles. The maximum atomic E-state index is 12.8. The van der Waals surface area contributed by atoms with Crippen molar-refractivity contribution in [1.29, 1.82) is 0 Å². The maximum absolute atomic E-state index is 12.8. The minimum Gasteiger partial charge on any atom is -0.371 e.